The van der Waals surface area contributed by atoms with Gasteiger partial charge in [-0.2, -0.15) is 9.50 Å². The first-order valence-corrected chi connectivity index (χ1v) is 13.9. The molecule has 4 aromatic heterocycles. The van der Waals surface area contributed by atoms with Crippen LogP contribution in [0.25, 0.3) is 28.4 Å². The molecule has 7 rings (SSSR count). The third-order valence-electron chi connectivity index (χ3n) is 7.61. The van der Waals surface area contributed by atoms with E-state index in [-0.39, 0.29) is 24.4 Å². The molecule has 1 unspecified atom stereocenters. The number of piperazine rings is 1. The lowest BCUT2D eigenvalue weighted by Gasteiger charge is -2.36. The van der Waals surface area contributed by atoms with Crippen LogP contribution in [-0.4, -0.2) is 99.2 Å². The van der Waals surface area contributed by atoms with Gasteiger partial charge in [0.05, 0.1) is 24.9 Å². The standard InChI is InChI=1S/C27H30F2N10O3/c28-18-12-19(29)22(42-15-17-14-31-3-11-40-17)13-20(18)37-7-4-36(5-8-37)6-9-38-16-32-23-25(38)34-27(30)39-26(23)33-24(35-39)21-2-1-10-41-21/h1-2,10,12-13,16-17,31H,3-9,11,14-15H2,(H2,30,34). The molecule has 2 fully saturated rings. The van der Waals surface area contributed by atoms with Crippen LogP contribution in [0.3, 0.4) is 0 Å². The second-order valence-electron chi connectivity index (χ2n) is 10.3. The van der Waals surface area contributed by atoms with Gasteiger partial charge in [0.15, 0.2) is 34.1 Å². The second kappa shape index (κ2) is 11.2. The molecule has 0 spiro atoms. The van der Waals surface area contributed by atoms with Crippen LogP contribution in [0.4, 0.5) is 20.4 Å². The van der Waals surface area contributed by atoms with Gasteiger partial charge in [-0.25, -0.2) is 18.7 Å². The molecule has 1 aromatic carbocycles. The van der Waals surface area contributed by atoms with Crippen molar-refractivity contribution in [1.29, 1.82) is 0 Å². The Morgan fingerprint density at radius 3 is 2.74 bits per heavy atom. The number of hydrogen-bond acceptors (Lipinski definition) is 11. The molecular formula is C27H30F2N10O3. The maximum absolute atomic E-state index is 14.8. The van der Waals surface area contributed by atoms with E-state index in [0.29, 0.717) is 80.0 Å². The third-order valence-corrected chi connectivity index (χ3v) is 7.61. The molecule has 6 heterocycles. The fourth-order valence-electron chi connectivity index (χ4n) is 5.35. The van der Waals surface area contributed by atoms with Gasteiger partial charge < -0.3 is 34.4 Å². The van der Waals surface area contributed by atoms with Crippen LogP contribution < -0.4 is 20.7 Å². The third kappa shape index (κ3) is 5.10. The summed E-state index contributed by atoms with van der Waals surface area (Å²) in [7, 11) is 0. The number of rotatable bonds is 8. The van der Waals surface area contributed by atoms with E-state index in [9.17, 15) is 8.78 Å². The summed E-state index contributed by atoms with van der Waals surface area (Å²) in [5.41, 5.74) is 8.25. The number of fused-ring (bicyclic) bond motifs is 3. The van der Waals surface area contributed by atoms with Crippen LogP contribution in [0.2, 0.25) is 0 Å². The lowest BCUT2D eigenvalue weighted by molar-refractivity contribution is -0.000550. The summed E-state index contributed by atoms with van der Waals surface area (Å²) in [4.78, 5) is 17.8. The van der Waals surface area contributed by atoms with Crippen LogP contribution in [0.5, 0.6) is 5.75 Å². The van der Waals surface area contributed by atoms with Crippen LogP contribution in [0.15, 0.2) is 41.3 Å². The number of hydrogen-bond donors (Lipinski definition) is 2. The van der Waals surface area contributed by atoms with E-state index in [1.807, 2.05) is 9.47 Å². The zero-order valence-electron chi connectivity index (χ0n) is 22.7. The van der Waals surface area contributed by atoms with Gasteiger partial charge in [-0.3, -0.25) is 4.90 Å². The molecule has 3 N–H and O–H groups in total. The maximum atomic E-state index is 14.8. The monoisotopic (exact) mass is 580 g/mol. The van der Waals surface area contributed by atoms with Crippen molar-refractivity contribution in [1.82, 2.24) is 39.3 Å². The molecule has 0 aliphatic carbocycles. The second-order valence-corrected chi connectivity index (χ2v) is 10.3. The highest BCUT2D eigenvalue weighted by atomic mass is 19.1. The summed E-state index contributed by atoms with van der Waals surface area (Å²) in [6.07, 6.45) is 3.11. The smallest absolute Gasteiger partial charge is 0.225 e. The van der Waals surface area contributed by atoms with Crippen molar-refractivity contribution in [2.24, 2.45) is 0 Å². The minimum absolute atomic E-state index is 0.0276. The van der Waals surface area contributed by atoms with Gasteiger partial charge in [-0.15, -0.1) is 5.10 Å². The van der Waals surface area contributed by atoms with Crippen LogP contribution in [0.1, 0.15) is 0 Å². The average molecular weight is 581 g/mol. The summed E-state index contributed by atoms with van der Waals surface area (Å²) in [5.74, 6) is -0.167. The number of nitrogens with zero attached hydrogens (tertiary/aromatic N) is 8. The van der Waals surface area contributed by atoms with Gasteiger partial charge in [0.25, 0.3) is 0 Å². The number of aromatic nitrogens is 6. The quantitative estimate of drug-likeness (QED) is 0.278. The Bertz CT molecular complexity index is 1690. The van der Waals surface area contributed by atoms with Crippen molar-refractivity contribution in [2.75, 3.05) is 69.7 Å². The summed E-state index contributed by atoms with van der Waals surface area (Å²) < 4.78 is 49.3. The van der Waals surface area contributed by atoms with Gasteiger partial charge in [0.1, 0.15) is 18.5 Å². The fourth-order valence-corrected chi connectivity index (χ4v) is 5.35. The topological polar surface area (TPSA) is 137 Å². The predicted molar refractivity (Wildman–Crippen MR) is 149 cm³/mol. The highest BCUT2D eigenvalue weighted by Crippen LogP contribution is 2.29. The number of anilines is 2. The first-order chi connectivity index (χ1) is 20.5. The highest BCUT2D eigenvalue weighted by Gasteiger charge is 2.24. The van der Waals surface area contributed by atoms with Gasteiger partial charge in [-0.05, 0) is 12.1 Å². The van der Waals surface area contributed by atoms with Crippen LogP contribution in [0, 0.1) is 11.6 Å². The lowest BCUT2D eigenvalue weighted by Crippen LogP contribution is -2.47. The molecule has 1 atom stereocenters. The Morgan fingerprint density at radius 2 is 1.95 bits per heavy atom. The normalized spacial score (nSPS) is 18.3. The Morgan fingerprint density at radius 1 is 1.07 bits per heavy atom. The number of ether oxygens (including phenoxy) is 2. The summed E-state index contributed by atoms with van der Waals surface area (Å²) in [6, 6.07) is 5.88. The van der Waals surface area contributed by atoms with Gasteiger partial charge in [0.2, 0.25) is 11.8 Å². The molecule has 2 saturated heterocycles. The molecule has 2 aliphatic rings. The van der Waals surface area contributed by atoms with Crippen molar-refractivity contribution in [3.05, 3.63) is 48.5 Å². The van der Waals surface area contributed by atoms with E-state index in [2.05, 4.69) is 30.3 Å². The number of nitrogens with two attached hydrogens (primary N) is 1. The van der Waals surface area contributed by atoms with Crippen molar-refractivity contribution in [3.63, 3.8) is 0 Å². The lowest BCUT2D eigenvalue weighted by atomic mass is 10.2. The predicted octanol–water partition coefficient (Wildman–Crippen LogP) is 1.78. The Hall–Kier alpha value is -4.34. The molecule has 0 saturated carbocycles. The van der Waals surface area contributed by atoms with Crippen LogP contribution >= 0.6 is 0 Å². The number of furan rings is 1. The molecule has 0 radical (unpaired) electrons. The van der Waals surface area contributed by atoms with Crippen molar-refractivity contribution < 1.29 is 22.7 Å². The number of nitrogen functional groups attached to an aromatic ring is 1. The highest BCUT2D eigenvalue weighted by molar-refractivity contribution is 5.87. The van der Waals surface area contributed by atoms with Gasteiger partial charge in [0, 0.05) is 64.5 Å². The van der Waals surface area contributed by atoms with Crippen molar-refractivity contribution >= 4 is 28.4 Å². The minimum atomic E-state index is -0.721. The van der Waals surface area contributed by atoms with Crippen LogP contribution in [-0.2, 0) is 11.3 Å². The number of nitrogens with one attached hydrogen (secondary N) is 1. The van der Waals surface area contributed by atoms with Gasteiger partial charge >= 0.3 is 0 Å². The van der Waals surface area contributed by atoms with E-state index in [4.69, 9.17) is 19.6 Å². The number of imidazole rings is 1. The summed E-state index contributed by atoms with van der Waals surface area (Å²) in [6.45, 7) is 6.12. The Labute approximate surface area is 238 Å². The zero-order chi connectivity index (χ0) is 28.6. The number of morpholine rings is 1. The minimum Gasteiger partial charge on any atom is -0.488 e. The molecule has 42 heavy (non-hydrogen) atoms. The molecule has 13 nitrogen and oxygen atoms in total. The number of halogens is 2. The SMILES string of the molecule is Nc1nc2c(ncn2CCN2CCN(c3cc(OCC4CNCCO4)c(F)cc3F)CC2)c2nc(-c3ccco3)nn12. The number of benzene rings is 1. The maximum Gasteiger partial charge on any atom is 0.225 e. The van der Waals surface area contributed by atoms with E-state index >= 15 is 0 Å². The van der Waals surface area contributed by atoms with E-state index in [1.165, 1.54) is 10.6 Å². The average Bonchev–Trinajstić information content (AvgIpc) is 3.77. The molecule has 5 aromatic rings. The molecular weight excluding hydrogens is 550 g/mol. The first-order valence-electron chi connectivity index (χ1n) is 13.9. The zero-order valence-corrected chi connectivity index (χ0v) is 22.7. The Balaban J connectivity index is 0.993. The summed E-state index contributed by atoms with van der Waals surface area (Å²) in [5, 5.41) is 7.62. The van der Waals surface area contributed by atoms with Gasteiger partial charge in [-0.1, -0.05) is 0 Å². The van der Waals surface area contributed by atoms with E-state index in [0.717, 1.165) is 19.2 Å². The largest absolute Gasteiger partial charge is 0.488 e. The first kappa shape index (κ1) is 26.6. The molecule has 0 bridgehead atoms. The fraction of sp³-hybridized carbons (Fsp3) is 0.407. The van der Waals surface area contributed by atoms with Crippen molar-refractivity contribution in [2.45, 2.75) is 12.6 Å². The van der Waals surface area contributed by atoms with Crippen molar-refractivity contribution in [3.8, 4) is 17.3 Å². The Kier molecular flexibility index (Phi) is 7.05. The molecule has 15 heteroatoms. The summed E-state index contributed by atoms with van der Waals surface area (Å²) >= 11 is 0. The molecule has 2 aliphatic heterocycles. The molecule has 0 amide bonds. The van der Waals surface area contributed by atoms with E-state index in [1.54, 1.807) is 24.7 Å². The van der Waals surface area contributed by atoms with E-state index < -0.39 is 11.6 Å². The molecule has 220 valence electrons.